The molecule has 0 unspecified atom stereocenters. The Morgan fingerprint density at radius 3 is 3.00 bits per heavy atom. The third kappa shape index (κ3) is 2.67. The number of aromatic nitrogens is 1. The van der Waals surface area contributed by atoms with Crippen molar-refractivity contribution in [2.45, 2.75) is 51.7 Å². The first-order chi connectivity index (χ1) is 12.0. The smallest absolute Gasteiger partial charge is 0.222 e. The predicted octanol–water partition coefficient (Wildman–Crippen LogP) is 3.76. The van der Waals surface area contributed by atoms with Gasteiger partial charge in [0.05, 0.1) is 6.10 Å². The highest BCUT2D eigenvalue weighted by atomic mass is 16.5. The summed E-state index contributed by atoms with van der Waals surface area (Å²) in [4.78, 5) is 18.0. The number of carbonyl (C=O) groups is 1. The molecule has 1 saturated carbocycles. The van der Waals surface area contributed by atoms with Crippen molar-refractivity contribution in [1.29, 1.82) is 0 Å². The first-order valence-electron chi connectivity index (χ1n) is 9.42. The van der Waals surface area contributed by atoms with Gasteiger partial charge in [-0.25, -0.2) is 0 Å². The zero-order chi connectivity index (χ0) is 17.6. The molecule has 2 heterocycles. The molecular weight excluding hydrogens is 312 g/mol. The van der Waals surface area contributed by atoms with E-state index in [1.165, 1.54) is 16.5 Å². The van der Waals surface area contributed by atoms with Gasteiger partial charge in [0.15, 0.2) is 0 Å². The van der Waals surface area contributed by atoms with E-state index in [4.69, 9.17) is 4.74 Å². The molecule has 1 aliphatic carbocycles. The second kappa shape index (κ2) is 6.17. The number of H-pyrrole nitrogens is 1. The zero-order valence-corrected chi connectivity index (χ0v) is 15.4. The van der Waals surface area contributed by atoms with Crippen LogP contribution < -0.4 is 0 Å². The number of carbonyl (C=O) groups excluding carboxylic acids is 1. The van der Waals surface area contributed by atoms with Crippen molar-refractivity contribution in [3.8, 4) is 0 Å². The highest BCUT2D eigenvalue weighted by Gasteiger charge is 2.61. The molecule has 0 spiro atoms. The van der Waals surface area contributed by atoms with Gasteiger partial charge in [0.25, 0.3) is 0 Å². The van der Waals surface area contributed by atoms with Crippen LogP contribution in [0.2, 0.25) is 0 Å². The Kier molecular flexibility index (Phi) is 4.11. The maximum Gasteiger partial charge on any atom is 0.222 e. The van der Waals surface area contributed by atoms with E-state index in [-0.39, 0.29) is 11.3 Å². The van der Waals surface area contributed by atoms with E-state index >= 15 is 0 Å². The van der Waals surface area contributed by atoms with E-state index in [1.54, 1.807) is 0 Å². The van der Waals surface area contributed by atoms with Gasteiger partial charge in [-0.1, -0.05) is 32.0 Å². The fourth-order valence-electron chi connectivity index (χ4n) is 5.18. The molecule has 4 heteroatoms. The minimum Gasteiger partial charge on any atom is -0.377 e. The standard InChI is InChI=1S/C21H28N2O2/c1-21(2)19(16-11-12-25-20(16)21)23(3)18(24)10-6-7-14-13-22-17-9-5-4-8-15(14)17/h4-5,8-9,13,16,19-20,22H,6-7,10-12H2,1-3H3/t16-,19+,20+/m0/s1. The van der Waals surface area contributed by atoms with Gasteiger partial charge in [0.1, 0.15) is 0 Å². The molecule has 1 saturated heterocycles. The van der Waals surface area contributed by atoms with Crippen molar-refractivity contribution < 1.29 is 9.53 Å². The van der Waals surface area contributed by atoms with Crippen LogP contribution in [0.25, 0.3) is 10.9 Å². The van der Waals surface area contributed by atoms with E-state index < -0.39 is 0 Å². The van der Waals surface area contributed by atoms with Crippen molar-refractivity contribution >= 4 is 16.8 Å². The Morgan fingerprint density at radius 2 is 2.16 bits per heavy atom. The quantitative estimate of drug-likeness (QED) is 0.901. The SMILES string of the molecule is CN(C(=O)CCCc1c[nH]c2ccccc12)[C@@H]1[C@@H]2CCO[C@H]2C1(C)C. The molecule has 2 fully saturated rings. The van der Waals surface area contributed by atoms with Crippen LogP contribution in [0.15, 0.2) is 30.5 Å². The van der Waals surface area contributed by atoms with Crippen molar-refractivity contribution in [2.75, 3.05) is 13.7 Å². The Bertz CT molecular complexity index is 779. The van der Waals surface area contributed by atoms with E-state index in [9.17, 15) is 4.79 Å². The maximum absolute atomic E-state index is 12.7. The zero-order valence-electron chi connectivity index (χ0n) is 15.4. The van der Waals surface area contributed by atoms with Crippen LogP contribution in [0.5, 0.6) is 0 Å². The van der Waals surface area contributed by atoms with Crippen LogP contribution in [0.1, 0.15) is 38.7 Å². The number of nitrogens with one attached hydrogen (secondary N) is 1. The number of fused-ring (bicyclic) bond motifs is 2. The largest absolute Gasteiger partial charge is 0.377 e. The number of para-hydroxylation sites is 1. The summed E-state index contributed by atoms with van der Waals surface area (Å²) in [5.41, 5.74) is 2.55. The minimum absolute atomic E-state index is 0.0718. The number of amides is 1. The molecule has 4 nitrogen and oxygen atoms in total. The van der Waals surface area contributed by atoms with Crippen LogP contribution in [0, 0.1) is 11.3 Å². The second-order valence-corrected chi connectivity index (χ2v) is 8.23. The molecule has 1 aliphatic heterocycles. The van der Waals surface area contributed by atoms with Crippen molar-refractivity contribution in [2.24, 2.45) is 11.3 Å². The van der Waals surface area contributed by atoms with Gasteiger partial charge >= 0.3 is 0 Å². The van der Waals surface area contributed by atoms with Gasteiger partial charge in [0.2, 0.25) is 5.91 Å². The van der Waals surface area contributed by atoms with Crippen molar-refractivity contribution in [1.82, 2.24) is 9.88 Å². The summed E-state index contributed by atoms with van der Waals surface area (Å²) in [7, 11) is 1.98. The number of hydrogen-bond donors (Lipinski definition) is 1. The molecule has 134 valence electrons. The van der Waals surface area contributed by atoms with Crippen molar-refractivity contribution in [3.05, 3.63) is 36.0 Å². The molecule has 0 bridgehead atoms. The molecule has 4 rings (SSSR count). The average Bonchev–Trinajstić information content (AvgIpc) is 3.20. The second-order valence-electron chi connectivity index (χ2n) is 8.23. The fourth-order valence-corrected chi connectivity index (χ4v) is 5.18. The first kappa shape index (κ1) is 16.6. The van der Waals surface area contributed by atoms with Crippen LogP contribution in [0.4, 0.5) is 0 Å². The molecule has 1 aromatic carbocycles. The monoisotopic (exact) mass is 340 g/mol. The van der Waals surface area contributed by atoms with Crippen LogP contribution >= 0.6 is 0 Å². The first-order valence-corrected chi connectivity index (χ1v) is 9.42. The molecule has 3 atom stereocenters. The lowest BCUT2D eigenvalue weighted by Gasteiger charge is -2.57. The van der Waals surface area contributed by atoms with Gasteiger partial charge in [-0.15, -0.1) is 0 Å². The molecule has 1 aromatic heterocycles. The molecule has 25 heavy (non-hydrogen) atoms. The van der Waals surface area contributed by atoms with Gasteiger partial charge in [-0.2, -0.15) is 0 Å². The van der Waals surface area contributed by atoms with E-state index in [0.29, 0.717) is 24.5 Å². The minimum atomic E-state index is 0.0718. The Balaban J connectivity index is 1.34. The fraction of sp³-hybridized carbons (Fsp3) is 0.571. The molecule has 1 amide bonds. The van der Waals surface area contributed by atoms with E-state index in [0.717, 1.165) is 25.9 Å². The number of aryl methyl sites for hydroxylation is 1. The molecule has 0 radical (unpaired) electrons. The highest BCUT2D eigenvalue weighted by Crippen LogP contribution is 2.54. The molecule has 2 aromatic rings. The van der Waals surface area contributed by atoms with Gasteiger partial charge in [-0.3, -0.25) is 4.79 Å². The summed E-state index contributed by atoms with van der Waals surface area (Å²) >= 11 is 0. The van der Waals surface area contributed by atoms with Crippen LogP contribution in [-0.4, -0.2) is 41.6 Å². The van der Waals surface area contributed by atoms with E-state index in [2.05, 4.69) is 43.2 Å². The number of aromatic amines is 1. The van der Waals surface area contributed by atoms with Crippen molar-refractivity contribution in [3.63, 3.8) is 0 Å². The lowest BCUT2D eigenvalue weighted by atomic mass is 9.57. The Labute approximate surface area is 149 Å². The number of benzene rings is 1. The molecule has 2 aliphatic rings. The van der Waals surface area contributed by atoms with Gasteiger partial charge < -0.3 is 14.6 Å². The highest BCUT2D eigenvalue weighted by molar-refractivity contribution is 5.83. The summed E-state index contributed by atoms with van der Waals surface area (Å²) in [6.07, 6.45) is 5.94. The third-order valence-corrected chi connectivity index (χ3v) is 6.36. The lowest BCUT2D eigenvalue weighted by Crippen LogP contribution is -2.66. The average molecular weight is 340 g/mol. The molecule has 1 N–H and O–H groups in total. The third-order valence-electron chi connectivity index (χ3n) is 6.36. The summed E-state index contributed by atoms with van der Waals surface area (Å²) < 4.78 is 5.86. The number of ether oxygens (including phenoxy) is 1. The van der Waals surface area contributed by atoms with Gasteiger partial charge in [0, 0.05) is 54.5 Å². The van der Waals surface area contributed by atoms with Crippen LogP contribution in [-0.2, 0) is 16.0 Å². The van der Waals surface area contributed by atoms with Gasteiger partial charge in [-0.05, 0) is 30.9 Å². The summed E-state index contributed by atoms with van der Waals surface area (Å²) in [6.45, 7) is 5.32. The lowest BCUT2D eigenvalue weighted by molar-refractivity contribution is -0.167. The Morgan fingerprint density at radius 1 is 1.36 bits per heavy atom. The predicted molar refractivity (Wildman–Crippen MR) is 99.4 cm³/mol. The maximum atomic E-state index is 12.7. The normalized spacial score (nSPS) is 27.1. The van der Waals surface area contributed by atoms with E-state index in [1.807, 2.05) is 18.0 Å². The number of rotatable bonds is 5. The topological polar surface area (TPSA) is 45.3 Å². The number of hydrogen-bond acceptors (Lipinski definition) is 2. The summed E-state index contributed by atoms with van der Waals surface area (Å²) in [5, 5.41) is 1.27. The summed E-state index contributed by atoms with van der Waals surface area (Å²) in [5.74, 6) is 0.792. The molecular formula is C21H28N2O2. The van der Waals surface area contributed by atoms with Crippen LogP contribution in [0.3, 0.4) is 0 Å². The Hall–Kier alpha value is -1.81. The number of nitrogens with zero attached hydrogens (tertiary/aromatic N) is 1. The summed E-state index contributed by atoms with van der Waals surface area (Å²) in [6, 6.07) is 8.67.